The van der Waals surface area contributed by atoms with Crippen LogP contribution in [-0.4, -0.2) is 29.8 Å². The SMILES string of the molecule is C[Si](C)(C)c1cc2[n+]3c4c1c1ccccc1n4-c1cccc4c1C31c3c(ccc5c6ccccc6n-4c35)-n3c4ccccc4c4c([Si](C)(C)C)cc-2[n+]1c43. The van der Waals surface area contributed by atoms with E-state index in [4.69, 9.17) is 0 Å². The van der Waals surface area contributed by atoms with Gasteiger partial charge in [-0.1, -0.05) is 87.8 Å². The summed E-state index contributed by atoms with van der Waals surface area (Å²) in [5, 5.41) is 11.3. The second kappa shape index (κ2) is 8.46. The smallest absolute Gasteiger partial charge is 0.308 e. The lowest BCUT2D eigenvalue weighted by Crippen LogP contribution is -2.75. The minimum absolute atomic E-state index is 0.628. The Morgan fingerprint density at radius 3 is 1.44 bits per heavy atom. The predicted octanol–water partition coefficient (Wildman–Crippen LogP) is 8.86. The van der Waals surface area contributed by atoms with Gasteiger partial charge < -0.3 is 4.57 Å². The highest BCUT2D eigenvalue weighted by molar-refractivity contribution is 6.91. The molecule has 1 spiro atoms. The summed E-state index contributed by atoms with van der Waals surface area (Å²) in [5.74, 6) is 0. The Kier molecular flexibility index (Phi) is 4.50. The minimum Gasteiger partial charge on any atom is -0.308 e. The van der Waals surface area contributed by atoms with Crippen LogP contribution in [0, 0.1) is 0 Å². The summed E-state index contributed by atoms with van der Waals surface area (Å²) in [6.07, 6.45) is 0. The molecule has 10 aromatic rings. The summed E-state index contributed by atoms with van der Waals surface area (Å²) in [6.45, 7) is 15.2. The molecule has 0 fully saturated rings. The third-order valence-corrected chi connectivity index (χ3v) is 17.5. The zero-order chi connectivity index (χ0) is 35.9. The van der Waals surface area contributed by atoms with Gasteiger partial charge >= 0.3 is 5.66 Å². The Bertz CT molecular complexity index is 3510. The molecule has 0 aliphatic carbocycles. The van der Waals surface area contributed by atoms with Crippen LogP contribution in [0.25, 0.3) is 94.1 Å². The van der Waals surface area contributed by atoms with Crippen LogP contribution in [0.15, 0.2) is 115 Å². The van der Waals surface area contributed by atoms with Gasteiger partial charge in [0, 0.05) is 21.5 Å². The minimum atomic E-state index is -1.87. The molecule has 0 saturated carbocycles. The Labute approximate surface area is 313 Å². The lowest BCUT2D eigenvalue weighted by atomic mass is 9.81. The number of hydrogen-bond acceptors (Lipinski definition) is 0. The van der Waals surface area contributed by atoms with E-state index in [0.29, 0.717) is 0 Å². The van der Waals surface area contributed by atoms with Crippen molar-refractivity contribution in [2.75, 3.05) is 0 Å². The summed E-state index contributed by atoms with van der Waals surface area (Å²) in [5.41, 5.74) is 16.5. The van der Waals surface area contributed by atoms with Crippen LogP contribution in [-0.2, 0) is 5.66 Å². The van der Waals surface area contributed by atoms with Crippen molar-refractivity contribution in [1.29, 1.82) is 0 Å². The molecule has 4 aliphatic rings. The number of nitrogens with zero attached hydrogens (tertiary/aromatic N) is 5. The molecule has 0 radical (unpaired) electrons. The van der Waals surface area contributed by atoms with E-state index in [0.717, 1.165) is 0 Å². The van der Waals surface area contributed by atoms with Crippen molar-refractivity contribution >= 4 is 92.2 Å². The molecule has 1 atom stereocenters. The molecular weight excluding hydrogens is 691 g/mol. The van der Waals surface area contributed by atoms with Crippen molar-refractivity contribution in [1.82, 2.24) is 13.7 Å². The summed E-state index contributed by atoms with van der Waals surface area (Å²) in [7, 11) is -3.74. The van der Waals surface area contributed by atoms with E-state index >= 15 is 0 Å². The predicted molar refractivity (Wildman–Crippen MR) is 226 cm³/mol. The van der Waals surface area contributed by atoms with Gasteiger partial charge in [-0.15, -0.1) is 0 Å². The molecule has 5 aromatic carbocycles. The van der Waals surface area contributed by atoms with Crippen LogP contribution in [0.5, 0.6) is 0 Å². The second-order valence-corrected chi connectivity index (χ2v) is 28.3. The average Bonchev–Trinajstić information content (AvgIpc) is 3.87. The van der Waals surface area contributed by atoms with E-state index < -0.39 is 21.8 Å². The lowest BCUT2D eigenvalue weighted by molar-refractivity contribution is -0.920. The molecule has 4 aliphatic heterocycles. The topological polar surface area (TPSA) is 22.5 Å². The highest BCUT2D eigenvalue weighted by Gasteiger charge is 2.69. The van der Waals surface area contributed by atoms with Crippen molar-refractivity contribution in [3.05, 3.63) is 126 Å². The van der Waals surface area contributed by atoms with Crippen LogP contribution in [0.3, 0.4) is 0 Å². The maximum atomic E-state index is 2.83. The van der Waals surface area contributed by atoms with Gasteiger partial charge in [0.1, 0.15) is 33.5 Å². The first kappa shape index (κ1) is 28.7. The number of aromatic nitrogens is 5. The number of fused-ring (bicyclic) bond motifs is 13. The Morgan fingerprint density at radius 1 is 0.444 bits per heavy atom. The first-order valence-corrected chi connectivity index (χ1v) is 26.4. The normalized spacial score (nSPS) is 17.1. The summed E-state index contributed by atoms with van der Waals surface area (Å²) >= 11 is 0. The molecule has 1 unspecified atom stereocenters. The number of para-hydroxylation sites is 3. The molecule has 0 N–H and O–H groups in total. The van der Waals surface area contributed by atoms with Gasteiger partial charge in [0.2, 0.25) is 0 Å². The Hall–Kier alpha value is -5.77. The molecule has 256 valence electrons. The average molecular weight is 728 g/mol. The van der Waals surface area contributed by atoms with E-state index in [1.165, 1.54) is 105 Å². The van der Waals surface area contributed by atoms with Crippen LogP contribution in [0.4, 0.5) is 0 Å². The van der Waals surface area contributed by atoms with Crippen molar-refractivity contribution in [2.24, 2.45) is 0 Å². The molecular formula is C47H37N5Si2+2. The first-order chi connectivity index (χ1) is 26.1. The number of benzene rings is 5. The molecule has 14 rings (SSSR count). The van der Waals surface area contributed by atoms with E-state index in [9.17, 15) is 0 Å². The zero-order valence-corrected chi connectivity index (χ0v) is 33.2. The van der Waals surface area contributed by atoms with Crippen LogP contribution in [0.1, 0.15) is 11.1 Å². The number of hydrogen-bond donors (Lipinski definition) is 0. The van der Waals surface area contributed by atoms with Gasteiger partial charge in [0.05, 0.1) is 43.6 Å². The Balaban J connectivity index is 1.39. The van der Waals surface area contributed by atoms with Crippen molar-refractivity contribution < 1.29 is 9.13 Å². The van der Waals surface area contributed by atoms with E-state index in [1.807, 2.05) is 0 Å². The summed E-state index contributed by atoms with van der Waals surface area (Å²) in [4.78, 5) is 0. The van der Waals surface area contributed by atoms with Gasteiger partial charge in [0.15, 0.2) is 11.4 Å². The molecule has 54 heavy (non-hydrogen) atoms. The maximum Gasteiger partial charge on any atom is 0.319 e. The van der Waals surface area contributed by atoms with Gasteiger partial charge in [-0.05, 0) is 77.1 Å². The zero-order valence-electron chi connectivity index (χ0n) is 31.2. The molecule has 0 bridgehead atoms. The highest BCUT2D eigenvalue weighted by Crippen LogP contribution is 2.56. The van der Waals surface area contributed by atoms with Gasteiger partial charge in [-0.25, -0.2) is 0 Å². The lowest BCUT2D eigenvalue weighted by Gasteiger charge is -2.39. The van der Waals surface area contributed by atoms with Gasteiger partial charge in [0.25, 0.3) is 11.3 Å². The van der Waals surface area contributed by atoms with E-state index in [-0.39, 0.29) is 0 Å². The van der Waals surface area contributed by atoms with E-state index in [1.54, 1.807) is 10.4 Å². The summed E-state index contributed by atoms with van der Waals surface area (Å²) < 4.78 is 13.6. The number of pyridine rings is 2. The third-order valence-electron chi connectivity index (χ3n) is 13.5. The molecule has 7 heteroatoms. The van der Waals surface area contributed by atoms with Gasteiger partial charge in [-0.2, -0.15) is 18.3 Å². The largest absolute Gasteiger partial charge is 0.319 e. The Morgan fingerprint density at radius 2 is 0.907 bits per heavy atom. The van der Waals surface area contributed by atoms with Crippen molar-refractivity contribution in [2.45, 2.75) is 44.9 Å². The fourth-order valence-corrected chi connectivity index (χ4v) is 14.8. The molecule has 5 aromatic heterocycles. The maximum absolute atomic E-state index is 2.83. The monoisotopic (exact) mass is 727 g/mol. The molecule has 9 heterocycles. The quantitative estimate of drug-likeness (QED) is 0.126. The van der Waals surface area contributed by atoms with Crippen molar-refractivity contribution in [3.8, 4) is 28.5 Å². The fraction of sp³-hybridized carbons (Fsp3) is 0.149. The summed E-state index contributed by atoms with van der Waals surface area (Å²) in [6, 6.07) is 44.8. The van der Waals surface area contributed by atoms with Crippen LogP contribution in [0.2, 0.25) is 39.3 Å². The standard InChI is InChI=1S/C47H37N5Si2/c1-53(2,3)38-24-36-37-25-39(54(4,5)6)41-29-16-9-12-19-32(29)50-35-23-22-27-26-14-7-10-17-30(26)48-33-20-13-21-34-42(33)47(43(35)44(27)48,52(37)46(41)50)51(36)45-40(38)28-15-8-11-18-31(28)49(34)45/h7-25H,1-6H3/q+2. The molecule has 5 nitrogen and oxygen atoms in total. The first-order valence-electron chi connectivity index (χ1n) is 19.4. The van der Waals surface area contributed by atoms with Crippen LogP contribution >= 0.6 is 0 Å². The molecule has 0 amide bonds. The van der Waals surface area contributed by atoms with Crippen molar-refractivity contribution in [3.63, 3.8) is 0 Å². The second-order valence-electron chi connectivity index (χ2n) is 18.2. The molecule has 0 saturated heterocycles. The van der Waals surface area contributed by atoms with E-state index in [2.05, 4.69) is 177 Å². The fourth-order valence-electron chi connectivity index (χ4n) is 11.6. The van der Waals surface area contributed by atoms with Gasteiger partial charge in [-0.3, -0.25) is 0 Å². The number of rotatable bonds is 2. The highest BCUT2D eigenvalue weighted by atomic mass is 28.3. The third kappa shape index (κ3) is 2.73. The van der Waals surface area contributed by atoms with Crippen LogP contribution < -0.4 is 19.5 Å².